The summed E-state index contributed by atoms with van der Waals surface area (Å²) in [6.45, 7) is 8.48. The van der Waals surface area contributed by atoms with E-state index >= 15 is 0 Å². The maximum atomic E-state index is 12.4. The SMILES string of the molecule is CC1(C)C(=CC=CC2=[N+](CCCCCC(=O)ON3C(=O)CCC3=O)c3ccc(S(=O)(=O)[O-])cc3C2(C)C)N(CCCCCC(=O)ON2C(=O)CCC2=O)c2ccc(S(=O)(=O)[O-])cc21. The molecule has 0 bridgehead atoms. The van der Waals surface area contributed by atoms with Crippen LogP contribution in [-0.4, -0.2) is 95.0 Å². The van der Waals surface area contributed by atoms with Gasteiger partial charge in [-0.2, -0.15) is 4.58 Å². The zero-order valence-electron chi connectivity index (χ0n) is 35.4. The summed E-state index contributed by atoms with van der Waals surface area (Å²) in [6, 6.07) is 8.47. The van der Waals surface area contributed by atoms with Gasteiger partial charge in [0.15, 0.2) is 5.71 Å². The van der Waals surface area contributed by atoms with Gasteiger partial charge in [0.25, 0.3) is 23.6 Å². The first kappa shape index (κ1) is 46.9. The van der Waals surface area contributed by atoms with Crippen LogP contribution in [0.1, 0.15) is 116 Å². The number of carbonyl (C=O) groups excluding carboxylic acids is 6. The number of anilines is 1. The summed E-state index contributed by atoms with van der Waals surface area (Å²) in [5, 5.41) is 1.02. The molecular formula is C43H49N4O14S2-. The molecule has 2 fully saturated rings. The van der Waals surface area contributed by atoms with Crippen LogP contribution in [-0.2, 0) is 69.5 Å². The summed E-state index contributed by atoms with van der Waals surface area (Å²) in [6.07, 6.45) is 8.54. The second-order valence-corrected chi connectivity index (χ2v) is 19.6. The van der Waals surface area contributed by atoms with E-state index in [2.05, 4.69) is 0 Å². The molecule has 0 N–H and O–H groups in total. The normalized spacial score (nSPS) is 19.0. The second kappa shape index (κ2) is 18.3. The summed E-state index contributed by atoms with van der Waals surface area (Å²) in [4.78, 5) is 83.3. The number of benzene rings is 2. The second-order valence-electron chi connectivity index (χ2n) is 16.8. The number of hydrogen-bond acceptors (Lipinski definition) is 15. The minimum atomic E-state index is -4.77. The van der Waals surface area contributed by atoms with Crippen LogP contribution in [0.4, 0.5) is 11.4 Å². The summed E-state index contributed by atoms with van der Waals surface area (Å²) in [5.41, 5.74) is 2.53. The van der Waals surface area contributed by atoms with Crippen molar-refractivity contribution in [3.8, 4) is 0 Å². The molecule has 2 saturated heterocycles. The molecule has 4 aliphatic heterocycles. The van der Waals surface area contributed by atoms with Crippen LogP contribution in [0, 0.1) is 0 Å². The highest BCUT2D eigenvalue weighted by atomic mass is 32.2. The zero-order valence-corrected chi connectivity index (χ0v) is 37.0. The van der Waals surface area contributed by atoms with Gasteiger partial charge in [0.2, 0.25) is 5.69 Å². The van der Waals surface area contributed by atoms with E-state index in [0.29, 0.717) is 84.2 Å². The fourth-order valence-electron chi connectivity index (χ4n) is 8.38. The average molecular weight is 910 g/mol. The number of fused-ring (bicyclic) bond motifs is 2. The van der Waals surface area contributed by atoms with E-state index in [4.69, 9.17) is 9.68 Å². The van der Waals surface area contributed by atoms with Crippen molar-refractivity contribution < 1.29 is 69.0 Å². The van der Waals surface area contributed by atoms with E-state index in [1.165, 1.54) is 24.3 Å². The largest absolute Gasteiger partial charge is 0.744 e. The molecule has 18 nitrogen and oxygen atoms in total. The topological polar surface area (TPSA) is 248 Å². The Morgan fingerprint density at radius 2 is 1.17 bits per heavy atom. The third kappa shape index (κ3) is 10.1. The van der Waals surface area contributed by atoms with Crippen LogP contribution in [0.2, 0.25) is 0 Å². The van der Waals surface area contributed by atoms with Gasteiger partial charge in [-0.05, 0) is 81.5 Å². The molecule has 20 heteroatoms. The lowest BCUT2D eigenvalue weighted by atomic mass is 9.81. The Morgan fingerprint density at radius 1 is 0.683 bits per heavy atom. The number of rotatable bonds is 18. The molecule has 4 aliphatic rings. The first-order valence-corrected chi connectivity index (χ1v) is 23.5. The molecule has 0 saturated carbocycles. The molecule has 0 aliphatic carbocycles. The van der Waals surface area contributed by atoms with Gasteiger partial charge in [-0.3, -0.25) is 19.2 Å². The maximum Gasteiger partial charge on any atom is 0.333 e. The molecule has 6 rings (SSSR count). The lowest BCUT2D eigenvalue weighted by Crippen LogP contribution is -2.32. The van der Waals surface area contributed by atoms with Gasteiger partial charge in [-0.1, -0.05) is 26.3 Å². The number of carbonyl (C=O) groups is 6. The van der Waals surface area contributed by atoms with E-state index < -0.39 is 66.6 Å². The van der Waals surface area contributed by atoms with Gasteiger partial charge in [0.05, 0.1) is 15.2 Å². The van der Waals surface area contributed by atoms with Gasteiger partial charge >= 0.3 is 11.9 Å². The smallest absolute Gasteiger partial charge is 0.333 e. The highest BCUT2D eigenvalue weighted by Gasteiger charge is 2.45. The van der Waals surface area contributed by atoms with E-state index in [1.807, 2.05) is 55.4 Å². The standard InChI is InChI=1S/C43H50N4O14S2/c1-42(2)30-26-28(62(54,55)56)16-18-32(30)44(24-9-5-7-14-40(52)60-46-36(48)20-21-37(46)49)34(42)12-11-13-35-43(3,4)31-27-29(63(57,58)59)17-19-33(31)45(35)25-10-6-8-15-41(53)61-47-38(50)22-23-39(47)51/h11-13,16-19,26-27H,5-10,14-15,20-25H2,1-4H3,(H-,54,55,56,57,58,59)/p-1. The average Bonchev–Trinajstić information content (AvgIpc) is 3.83. The van der Waals surface area contributed by atoms with E-state index in [9.17, 15) is 54.7 Å². The molecule has 4 heterocycles. The Balaban J connectivity index is 1.22. The Morgan fingerprint density at radius 3 is 1.70 bits per heavy atom. The molecule has 338 valence electrons. The summed E-state index contributed by atoms with van der Waals surface area (Å²) >= 11 is 0. The van der Waals surface area contributed by atoms with E-state index in [0.717, 1.165) is 11.4 Å². The molecule has 2 aromatic rings. The van der Waals surface area contributed by atoms with Gasteiger partial charge in [0, 0.05) is 86.0 Å². The number of nitrogens with zero attached hydrogens (tertiary/aromatic N) is 4. The lowest BCUT2D eigenvalue weighted by molar-refractivity contribution is -0.438. The highest BCUT2D eigenvalue weighted by Crippen LogP contribution is 2.49. The lowest BCUT2D eigenvalue weighted by Gasteiger charge is -2.27. The molecule has 0 spiro atoms. The third-order valence-electron chi connectivity index (χ3n) is 11.7. The van der Waals surface area contributed by atoms with Crippen LogP contribution in [0.3, 0.4) is 0 Å². The van der Waals surface area contributed by atoms with Crippen molar-refractivity contribution in [1.29, 1.82) is 0 Å². The van der Waals surface area contributed by atoms with Crippen LogP contribution in [0.25, 0.3) is 0 Å². The zero-order chi connectivity index (χ0) is 46.1. The number of hydroxylamine groups is 4. The van der Waals surface area contributed by atoms with Crippen molar-refractivity contribution in [3.63, 3.8) is 0 Å². The number of allylic oxidation sites excluding steroid dienone is 4. The predicted molar refractivity (Wildman–Crippen MR) is 221 cm³/mol. The molecular weight excluding hydrogens is 861 g/mol. The van der Waals surface area contributed by atoms with Crippen molar-refractivity contribution in [3.05, 3.63) is 71.5 Å². The summed E-state index contributed by atoms with van der Waals surface area (Å²) < 4.78 is 74.5. The fraction of sp³-hybridized carbons (Fsp3) is 0.465. The monoisotopic (exact) mass is 909 g/mol. The van der Waals surface area contributed by atoms with Crippen LogP contribution < -0.4 is 4.90 Å². The summed E-state index contributed by atoms with van der Waals surface area (Å²) in [7, 11) is -9.55. The Hall–Kier alpha value is -5.57. The van der Waals surface area contributed by atoms with Crippen LogP contribution in [0.15, 0.2) is 70.1 Å². The number of amides is 4. The first-order chi connectivity index (χ1) is 29.5. The van der Waals surface area contributed by atoms with E-state index in [-0.39, 0.29) is 48.3 Å². The van der Waals surface area contributed by atoms with Crippen LogP contribution >= 0.6 is 0 Å². The van der Waals surface area contributed by atoms with Crippen molar-refractivity contribution >= 4 is 72.9 Å². The Bertz CT molecular complexity index is 2540. The minimum Gasteiger partial charge on any atom is -0.744 e. The van der Waals surface area contributed by atoms with Crippen molar-refractivity contribution in [1.82, 2.24) is 10.1 Å². The third-order valence-corrected chi connectivity index (χ3v) is 13.4. The molecule has 0 unspecified atom stereocenters. The molecule has 0 radical (unpaired) electrons. The maximum absolute atomic E-state index is 12.4. The molecule has 0 aromatic heterocycles. The van der Waals surface area contributed by atoms with Gasteiger partial charge in [-0.25, -0.2) is 26.4 Å². The van der Waals surface area contributed by atoms with Gasteiger partial charge < -0.3 is 23.7 Å². The van der Waals surface area contributed by atoms with Gasteiger partial charge in [-0.15, -0.1) is 10.1 Å². The van der Waals surface area contributed by atoms with Crippen LogP contribution in [0.5, 0.6) is 0 Å². The van der Waals surface area contributed by atoms with Crippen molar-refractivity contribution in [2.45, 2.75) is 125 Å². The number of imide groups is 2. The van der Waals surface area contributed by atoms with E-state index in [1.54, 1.807) is 12.1 Å². The first-order valence-electron chi connectivity index (χ1n) is 20.7. The Labute approximate surface area is 365 Å². The predicted octanol–water partition coefficient (Wildman–Crippen LogP) is 4.44. The number of hydrogen-bond donors (Lipinski definition) is 0. The quantitative estimate of drug-likeness (QED) is 0.0868. The molecule has 4 amide bonds. The molecule has 0 atom stereocenters. The molecule has 63 heavy (non-hydrogen) atoms. The number of unbranched alkanes of at least 4 members (excludes halogenated alkanes) is 4. The highest BCUT2D eigenvalue weighted by molar-refractivity contribution is 7.86. The summed E-state index contributed by atoms with van der Waals surface area (Å²) in [5.74, 6) is -3.65. The fourth-order valence-corrected chi connectivity index (χ4v) is 9.37. The Kier molecular flexibility index (Phi) is 13.6. The van der Waals surface area contributed by atoms with Crippen molar-refractivity contribution in [2.75, 3.05) is 18.0 Å². The van der Waals surface area contributed by atoms with Crippen molar-refractivity contribution in [2.24, 2.45) is 0 Å². The van der Waals surface area contributed by atoms with Gasteiger partial charge in [0.1, 0.15) is 26.8 Å². The molecule has 2 aromatic carbocycles. The minimum absolute atomic E-state index is 0.0100.